The molecule has 1 heterocycles. The molecule has 1 saturated carbocycles. The minimum absolute atomic E-state index is 0.0565. The van der Waals surface area contributed by atoms with E-state index in [9.17, 15) is 9.59 Å². The number of benzene rings is 1. The Morgan fingerprint density at radius 3 is 2.78 bits per heavy atom. The fourth-order valence-corrected chi connectivity index (χ4v) is 3.95. The van der Waals surface area contributed by atoms with Gasteiger partial charge >= 0.3 is 0 Å². The summed E-state index contributed by atoms with van der Waals surface area (Å²) in [6.45, 7) is 3.30. The average Bonchev–Trinajstić information content (AvgIpc) is 3.03. The summed E-state index contributed by atoms with van der Waals surface area (Å²) in [6, 6.07) is 8.70. The van der Waals surface area contributed by atoms with Crippen LogP contribution in [0, 0.1) is 12.8 Å². The van der Waals surface area contributed by atoms with E-state index in [0.29, 0.717) is 25.9 Å². The van der Waals surface area contributed by atoms with E-state index < -0.39 is 0 Å². The predicted octanol–water partition coefficient (Wildman–Crippen LogP) is 2.45. The maximum atomic E-state index is 12.4. The molecule has 1 aromatic carbocycles. The van der Waals surface area contributed by atoms with Crippen molar-refractivity contribution in [1.29, 1.82) is 0 Å². The summed E-state index contributed by atoms with van der Waals surface area (Å²) in [6.07, 6.45) is 5.85. The van der Waals surface area contributed by atoms with Crippen LogP contribution in [0.4, 0.5) is 0 Å². The molecule has 2 aliphatic rings. The van der Waals surface area contributed by atoms with E-state index >= 15 is 0 Å². The van der Waals surface area contributed by atoms with E-state index in [1.165, 1.54) is 24.0 Å². The quantitative estimate of drug-likeness (QED) is 0.897. The number of amides is 2. The van der Waals surface area contributed by atoms with Crippen LogP contribution in [-0.4, -0.2) is 24.9 Å². The van der Waals surface area contributed by atoms with Crippen LogP contribution in [0.3, 0.4) is 0 Å². The Morgan fingerprint density at radius 1 is 1.35 bits per heavy atom. The first kappa shape index (κ1) is 16.0. The molecule has 0 radical (unpaired) electrons. The van der Waals surface area contributed by atoms with Crippen molar-refractivity contribution < 1.29 is 9.59 Å². The summed E-state index contributed by atoms with van der Waals surface area (Å²) >= 11 is 0. The van der Waals surface area contributed by atoms with E-state index in [1.54, 1.807) is 0 Å². The first-order valence-electron chi connectivity index (χ1n) is 8.71. The minimum Gasteiger partial charge on any atom is -0.355 e. The molecule has 3 rings (SSSR count). The van der Waals surface area contributed by atoms with E-state index in [2.05, 4.69) is 41.8 Å². The van der Waals surface area contributed by atoms with Crippen molar-refractivity contribution >= 4 is 11.8 Å². The van der Waals surface area contributed by atoms with Gasteiger partial charge in [-0.2, -0.15) is 0 Å². The largest absolute Gasteiger partial charge is 0.355 e. The third kappa shape index (κ3) is 3.57. The molecule has 124 valence electrons. The lowest BCUT2D eigenvalue weighted by molar-refractivity contribution is -0.129. The number of nitrogens with one attached hydrogen (secondary N) is 2. The van der Waals surface area contributed by atoms with Gasteiger partial charge in [0.25, 0.3) is 0 Å². The van der Waals surface area contributed by atoms with Gasteiger partial charge in [-0.15, -0.1) is 0 Å². The number of hydrogen-bond donors (Lipinski definition) is 2. The van der Waals surface area contributed by atoms with Gasteiger partial charge in [0, 0.05) is 24.9 Å². The fourth-order valence-electron chi connectivity index (χ4n) is 3.95. The van der Waals surface area contributed by atoms with Gasteiger partial charge in [-0.05, 0) is 31.7 Å². The molecule has 1 unspecified atom stereocenters. The second kappa shape index (κ2) is 6.73. The van der Waals surface area contributed by atoms with E-state index in [0.717, 1.165) is 12.8 Å². The third-order valence-electron chi connectivity index (χ3n) is 5.43. The lowest BCUT2D eigenvalue weighted by Crippen LogP contribution is -2.46. The number of carbonyl (C=O) groups excluding carboxylic acids is 2. The summed E-state index contributed by atoms with van der Waals surface area (Å²) in [5.74, 6) is 0.0636. The van der Waals surface area contributed by atoms with Gasteiger partial charge in [0.05, 0.1) is 5.92 Å². The lowest BCUT2D eigenvalue weighted by Gasteiger charge is -2.31. The van der Waals surface area contributed by atoms with Crippen LogP contribution in [0.5, 0.6) is 0 Å². The summed E-state index contributed by atoms with van der Waals surface area (Å²) in [4.78, 5) is 23.7. The highest BCUT2D eigenvalue weighted by Gasteiger charge is 2.36. The molecule has 4 nitrogen and oxygen atoms in total. The Balaban J connectivity index is 1.66. The molecule has 2 amide bonds. The highest BCUT2D eigenvalue weighted by molar-refractivity contribution is 5.83. The van der Waals surface area contributed by atoms with Crippen LogP contribution >= 0.6 is 0 Å². The molecule has 1 aliphatic carbocycles. The minimum atomic E-state index is -0.0799. The predicted molar refractivity (Wildman–Crippen MR) is 90.1 cm³/mol. The zero-order valence-electron chi connectivity index (χ0n) is 13.9. The number of aryl methyl sites for hydroxylation is 1. The van der Waals surface area contributed by atoms with Crippen molar-refractivity contribution in [3.05, 3.63) is 35.4 Å². The number of rotatable bonds is 4. The molecule has 0 bridgehead atoms. The number of piperidine rings is 1. The van der Waals surface area contributed by atoms with Crippen molar-refractivity contribution in [3.63, 3.8) is 0 Å². The molecule has 2 N–H and O–H groups in total. The van der Waals surface area contributed by atoms with Gasteiger partial charge < -0.3 is 10.6 Å². The first-order valence-corrected chi connectivity index (χ1v) is 8.71. The highest BCUT2D eigenvalue weighted by atomic mass is 16.2. The summed E-state index contributed by atoms with van der Waals surface area (Å²) < 4.78 is 0. The zero-order valence-corrected chi connectivity index (χ0v) is 13.9. The van der Waals surface area contributed by atoms with Crippen molar-refractivity contribution in [1.82, 2.24) is 10.6 Å². The molecule has 23 heavy (non-hydrogen) atoms. The molecule has 2 fully saturated rings. The second-order valence-electron chi connectivity index (χ2n) is 7.11. The summed E-state index contributed by atoms with van der Waals surface area (Å²) in [5, 5.41) is 5.97. The highest BCUT2D eigenvalue weighted by Crippen LogP contribution is 2.40. The maximum absolute atomic E-state index is 12.4. The monoisotopic (exact) mass is 314 g/mol. The third-order valence-corrected chi connectivity index (χ3v) is 5.43. The van der Waals surface area contributed by atoms with Crippen LogP contribution < -0.4 is 10.6 Å². The SMILES string of the molecule is Cc1cccc(C2(CNC(=O)C3CCC(=O)NC3)CCCC2)c1. The van der Waals surface area contributed by atoms with Crippen molar-refractivity contribution in [2.45, 2.75) is 50.9 Å². The molecule has 1 atom stereocenters. The van der Waals surface area contributed by atoms with Crippen LogP contribution in [-0.2, 0) is 15.0 Å². The van der Waals surface area contributed by atoms with Gasteiger partial charge in [0.2, 0.25) is 11.8 Å². The van der Waals surface area contributed by atoms with Gasteiger partial charge in [-0.3, -0.25) is 9.59 Å². The molecular weight excluding hydrogens is 288 g/mol. The Hall–Kier alpha value is -1.84. The topological polar surface area (TPSA) is 58.2 Å². The lowest BCUT2D eigenvalue weighted by atomic mass is 9.78. The van der Waals surface area contributed by atoms with Crippen LogP contribution in [0.2, 0.25) is 0 Å². The van der Waals surface area contributed by atoms with Crippen LogP contribution in [0.25, 0.3) is 0 Å². The fraction of sp³-hybridized carbons (Fsp3) is 0.579. The first-order chi connectivity index (χ1) is 11.1. The van der Waals surface area contributed by atoms with E-state index in [1.807, 2.05) is 0 Å². The standard InChI is InChI=1S/C19H26N2O2/c1-14-5-4-6-16(11-14)19(9-2-3-10-19)13-21-18(23)15-7-8-17(22)20-12-15/h4-6,11,15H,2-3,7-10,12-13H2,1H3,(H,20,22)(H,21,23). The molecular formula is C19H26N2O2. The Bertz CT molecular complexity index is 581. The molecule has 0 spiro atoms. The summed E-state index contributed by atoms with van der Waals surface area (Å²) in [5.41, 5.74) is 2.71. The van der Waals surface area contributed by atoms with E-state index in [-0.39, 0.29) is 23.1 Å². The van der Waals surface area contributed by atoms with Crippen LogP contribution in [0.15, 0.2) is 24.3 Å². The Kier molecular flexibility index (Phi) is 4.69. The summed E-state index contributed by atoms with van der Waals surface area (Å²) in [7, 11) is 0. The van der Waals surface area contributed by atoms with Gasteiger partial charge in [-0.1, -0.05) is 42.7 Å². The molecule has 1 aliphatic heterocycles. The number of carbonyl (C=O) groups is 2. The normalized spacial score (nSPS) is 23.3. The molecule has 0 aromatic heterocycles. The number of hydrogen-bond acceptors (Lipinski definition) is 2. The van der Waals surface area contributed by atoms with Gasteiger partial charge in [0.15, 0.2) is 0 Å². The second-order valence-corrected chi connectivity index (χ2v) is 7.11. The van der Waals surface area contributed by atoms with Crippen LogP contribution in [0.1, 0.15) is 49.7 Å². The Morgan fingerprint density at radius 2 is 2.13 bits per heavy atom. The zero-order chi connectivity index (χ0) is 16.3. The van der Waals surface area contributed by atoms with Crippen molar-refractivity contribution in [2.24, 2.45) is 5.92 Å². The molecule has 1 saturated heterocycles. The van der Waals surface area contributed by atoms with Crippen molar-refractivity contribution in [3.8, 4) is 0 Å². The van der Waals surface area contributed by atoms with Gasteiger partial charge in [0.1, 0.15) is 0 Å². The maximum Gasteiger partial charge on any atom is 0.224 e. The Labute approximate surface area is 138 Å². The van der Waals surface area contributed by atoms with E-state index in [4.69, 9.17) is 0 Å². The molecule has 4 heteroatoms. The molecule has 1 aromatic rings. The van der Waals surface area contributed by atoms with Gasteiger partial charge in [-0.25, -0.2) is 0 Å². The van der Waals surface area contributed by atoms with Crippen molar-refractivity contribution in [2.75, 3.05) is 13.1 Å². The average molecular weight is 314 g/mol. The smallest absolute Gasteiger partial charge is 0.224 e.